The molecule has 6 nitrogen and oxygen atoms in total. The number of carbonyl (C=O) groups excluding carboxylic acids is 1. The molecule has 1 fully saturated rings. The van der Waals surface area contributed by atoms with Crippen molar-refractivity contribution in [3.63, 3.8) is 0 Å². The van der Waals surface area contributed by atoms with Gasteiger partial charge in [0.2, 0.25) is 15.9 Å². The van der Waals surface area contributed by atoms with Crippen LogP contribution in [0.2, 0.25) is 0 Å². The summed E-state index contributed by atoms with van der Waals surface area (Å²) >= 11 is 0. The molecule has 0 saturated carbocycles. The molecule has 0 aliphatic carbocycles. The van der Waals surface area contributed by atoms with Gasteiger partial charge in [0.25, 0.3) is 0 Å². The number of nitrogens with one attached hydrogen (secondary N) is 1. The number of benzene rings is 2. The van der Waals surface area contributed by atoms with Gasteiger partial charge in [-0.25, -0.2) is 17.5 Å². The Hall–Kier alpha value is -2.29. The highest BCUT2D eigenvalue weighted by molar-refractivity contribution is 7.89. The van der Waals surface area contributed by atoms with Crippen LogP contribution < -0.4 is 4.72 Å². The summed E-state index contributed by atoms with van der Waals surface area (Å²) in [7, 11) is -2.05. The van der Waals surface area contributed by atoms with Crippen molar-refractivity contribution in [2.45, 2.75) is 37.4 Å². The molecule has 156 valence electrons. The number of amides is 1. The Morgan fingerprint density at radius 2 is 1.86 bits per heavy atom. The van der Waals surface area contributed by atoms with E-state index in [-0.39, 0.29) is 29.4 Å². The summed E-state index contributed by atoms with van der Waals surface area (Å²) in [5, 5.41) is 0. The molecule has 0 spiro atoms. The first-order valence-electron chi connectivity index (χ1n) is 9.49. The van der Waals surface area contributed by atoms with Gasteiger partial charge in [-0.3, -0.25) is 9.69 Å². The number of aryl methyl sites for hydroxylation is 1. The summed E-state index contributed by atoms with van der Waals surface area (Å²) in [6, 6.07) is 12.2. The molecular weight excluding hydrogens is 393 g/mol. The van der Waals surface area contributed by atoms with E-state index in [1.807, 2.05) is 36.9 Å². The first-order chi connectivity index (χ1) is 13.7. The van der Waals surface area contributed by atoms with Crippen LogP contribution in [0, 0.1) is 12.7 Å². The maximum absolute atomic E-state index is 13.1. The van der Waals surface area contributed by atoms with Crippen molar-refractivity contribution < 1.29 is 17.6 Å². The van der Waals surface area contributed by atoms with E-state index in [0.717, 1.165) is 23.3 Å². The minimum Gasteiger partial charge on any atom is -0.343 e. The van der Waals surface area contributed by atoms with E-state index in [1.54, 1.807) is 11.9 Å². The number of likely N-dealkylation sites (N-methyl/N-ethyl adjacent to an activating group) is 1. The lowest BCUT2D eigenvalue weighted by Crippen LogP contribution is -2.62. The van der Waals surface area contributed by atoms with E-state index in [1.165, 1.54) is 12.1 Å². The number of rotatable bonds is 6. The zero-order valence-electron chi connectivity index (χ0n) is 16.8. The van der Waals surface area contributed by atoms with Crippen molar-refractivity contribution in [2.24, 2.45) is 0 Å². The SMILES string of the molecule is Cc1cccc(CN2[C@H](CNS(=O)(=O)c3ccc(F)cc3)CN(C)C(=O)[C@@H]2C)c1. The third-order valence-corrected chi connectivity index (χ3v) is 6.70. The predicted molar refractivity (Wildman–Crippen MR) is 109 cm³/mol. The highest BCUT2D eigenvalue weighted by atomic mass is 32.2. The van der Waals surface area contributed by atoms with E-state index in [2.05, 4.69) is 10.8 Å². The molecule has 29 heavy (non-hydrogen) atoms. The molecule has 2 aromatic rings. The Labute approximate surface area is 171 Å². The van der Waals surface area contributed by atoms with Crippen LogP contribution in [0.3, 0.4) is 0 Å². The topological polar surface area (TPSA) is 69.7 Å². The van der Waals surface area contributed by atoms with E-state index in [0.29, 0.717) is 13.1 Å². The van der Waals surface area contributed by atoms with E-state index in [4.69, 9.17) is 0 Å². The Balaban J connectivity index is 1.78. The van der Waals surface area contributed by atoms with Gasteiger partial charge in [-0.1, -0.05) is 29.8 Å². The minimum absolute atomic E-state index is 0.00953. The molecular formula is C21H26FN3O3S. The quantitative estimate of drug-likeness (QED) is 0.779. The van der Waals surface area contributed by atoms with Gasteiger partial charge in [0.15, 0.2) is 0 Å². The summed E-state index contributed by atoms with van der Waals surface area (Å²) in [5.74, 6) is -0.482. The molecule has 3 rings (SSSR count). The fraction of sp³-hybridized carbons (Fsp3) is 0.381. The Kier molecular flexibility index (Phi) is 6.36. The summed E-state index contributed by atoms with van der Waals surface area (Å²) in [5.41, 5.74) is 2.20. The van der Waals surface area contributed by atoms with Crippen molar-refractivity contribution in [3.8, 4) is 0 Å². The smallest absolute Gasteiger partial charge is 0.240 e. The Morgan fingerprint density at radius 1 is 1.17 bits per heavy atom. The van der Waals surface area contributed by atoms with E-state index >= 15 is 0 Å². The largest absolute Gasteiger partial charge is 0.343 e. The Morgan fingerprint density at radius 3 is 2.52 bits per heavy atom. The van der Waals surface area contributed by atoms with Gasteiger partial charge in [0, 0.05) is 32.7 Å². The lowest BCUT2D eigenvalue weighted by Gasteiger charge is -2.44. The standard InChI is InChI=1S/C21H26FN3O3S/c1-15-5-4-6-17(11-15)13-25-16(2)21(26)24(3)14-19(25)12-23-29(27,28)20-9-7-18(22)8-10-20/h4-11,16,19,23H,12-14H2,1-3H3/t16-,19+/m0/s1. The molecule has 1 heterocycles. The second-order valence-electron chi connectivity index (χ2n) is 7.52. The Bertz CT molecular complexity index is 979. The molecule has 2 aromatic carbocycles. The highest BCUT2D eigenvalue weighted by Crippen LogP contribution is 2.20. The van der Waals surface area contributed by atoms with Crippen molar-refractivity contribution in [1.29, 1.82) is 0 Å². The van der Waals surface area contributed by atoms with Gasteiger partial charge in [-0.15, -0.1) is 0 Å². The van der Waals surface area contributed by atoms with Crippen molar-refractivity contribution in [2.75, 3.05) is 20.1 Å². The molecule has 0 aromatic heterocycles. The van der Waals surface area contributed by atoms with Crippen molar-refractivity contribution >= 4 is 15.9 Å². The van der Waals surface area contributed by atoms with Crippen LogP contribution in [-0.4, -0.2) is 56.3 Å². The lowest BCUT2D eigenvalue weighted by atomic mass is 10.0. The molecule has 2 atom stereocenters. The van der Waals surface area contributed by atoms with Crippen LogP contribution in [-0.2, 0) is 21.4 Å². The average molecular weight is 420 g/mol. The minimum atomic E-state index is -3.77. The maximum atomic E-state index is 13.1. The molecule has 1 aliphatic heterocycles. The number of hydrogen-bond acceptors (Lipinski definition) is 4. The number of piperazine rings is 1. The molecule has 1 amide bonds. The van der Waals surface area contributed by atoms with Crippen LogP contribution in [0.1, 0.15) is 18.1 Å². The van der Waals surface area contributed by atoms with Crippen molar-refractivity contribution in [1.82, 2.24) is 14.5 Å². The summed E-state index contributed by atoms with van der Waals surface area (Å²) < 4.78 is 40.9. The molecule has 0 bridgehead atoms. The highest BCUT2D eigenvalue weighted by Gasteiger charge is 2.36. The van der Waals surface area contributed by atoms with Gasteiger partial charge < -0.3 is 4.90 Å². The van der Waals surface area contributed by atoms with E-state index < -0.39 is 15.8 Å². The zero-order chi connectivity index (χ0) is 21.2. The number of nitrogens with zero attached hydrogens (tertiary/aromatic N) is 2. The van der Waals surface area contributed by atoms with Crippen LogP contribution >= 0.6 is 0 Å². The monoisotopic (exact) mass is 419 g/mol. The second-order valence-corrected chi connectivity index (χ2v) is 9.28. The van der Waals surface area contributed by atoms with Gasteiger partial charge in [-0.2, -0.15) is 0 Å². The first kappa shape index (κ1) is 21.4. The van der Waals surface area contributed by atoms with Gasteiger partial charge in [0.1, 0.15) is 5.82 Å². The zero-order valence-corrected chi connectivity index (χ0v) is 17.6. The van der Waals surface area contributed by atoms with Gasteiger partial charge >= 0.3 is 0 Å². The average Bonchev–Trinajstić information content (AvgIpc) is 2.67. The van der Waals surface area contributed by atoms with Crippen molar-refractivity contribution in [3.05, 3.63) is 65.5 Å². The number of halogens is 1. The first-order valence-corrected chi connectivity index (χ1v) is 11.0. The van der Waals surface area contributed by atoms with Crippen LogP contribution in [0.25, 0.3) is 0 Å². The number of hydrogen-bond donors (Lipinski definition) is 1. The fourth-order valence-corrected chi connectivity index (χ4v) is 4.73. The maximum Gasteiger partial charge on any atom is 0.240 e. The van der Waals surface area contributed by atoms with E-state index in [9.17, 15) is 17.6 Å². The van der Waals surface area contributed by atoms with Gasteiger partial charge in [0.05, 0.1) is 10.9 Å². The van der Waals surface area contributed by atoms with Crippen LogP contribution in [0.15, 0.2) is 53.4 Å². The van der Waals surface area contributed by atoms with Crippen LogP contribution in [0.5, 0.6) is 0 Å². The number of sulfonamides is 1. The molecule has 1 aliphatic rings. The number of carbonyl (C=O) groups is 1. The third-order valence-electron chi connectivity index (χ3n) is 5.27. The molecule has 1 N–H and O–H groups in total. The normalized spacial score (nSPS) is 20.8. The summed E-state index contributed by atoms with van der Waals surface area (Å²) in [4.78, 5) is 16.2. The lowest BCUT2D eigenvalue weighted by molar-refractivity contribution is -0.142. The predicted octanol–water partition coefficient (Wildman–Crippen LogP) is 2.14. The fourth-order valence-electron chi connectivity index (χ4n) is 3.66. The third kappa shape index (κ3) is 5.01. The molecule has 0 radical (unpaired) electrons. The molecule has 1 saturated heterocycles. The molecule has 0 unspecified atom stereocenters. The van der Waals surface area contributed by atoms with Gasteiger partial charge in [-0.05, 0) is 43.7 Å². The summed E-state index contributed by atoms with van der Waals surface area (Å²) in [6.45, 7) is 4.96. The van der Waals surface area contributed by atoms with Crippen LogP contribution in [0.4, 0.5) is 4.39 Å². The summed E-state index contributed by atoms with van der Waals surface area (Å²) in [6.07, 6.45) is 0. The second kappa shape index (κ2) is 8.61. The molecule has 8 heteroatoms.